The number of hydrogen-bond acceptors (Lipinski definition) is 5. The normalized spacial score (nSPS) is 15.9. The first-order chi connectivity index (χ1) is 15.1. The van der Waals surface area contributed by atoms with Gasteiger partial charge in [0.25, 0.3) is 5.91 Å². The van der Waals surface area contributed by atoms with Crippen molar-refractivity contribution in [3.8, 4) is 11.5 Å². The average Bonchev–Trinajstić information content (AvgIpc) is 3.13. The molecule has 0 aromatic heterocycles. The molecule has 4 rings (SSSR count). The fraction of sp³-hybridized carbons (Fsp3) is 0.0833. The van der Waals surface area contributed by atoms with E-state index < -0.39 is 0 Å². The van der Waals surface area contributed by atoms with E-state index in [1.807, 2.05) is 78.9 Å². The number of hydrogen-bond donors (Lipinski definition) is 1. The molecule has 0 saturated carbocycles. The van der Waals surface area contributed by atoms with Crippen molar-refractivity contribution in [3.05, 3.63) is 92.4 Å². The second kappa shape index (κ2) is 10.0. The van der Waals surface area contributed by atoms with E-state index in [4.69, 9.17) is 9.47 Å². The highest BCUT2D eigenvalue weighted by Crippen LogP contribution is 2.32. The minimum atomic E-state index is -0.169. The van der Waals surface area contributed by atoms with Gasteiger partial charge >= 0.3 is 0 Å². The Kier molecular flexibility index (Phi) is 6.93. The molecule has 0 bridgehead atoms. The van der Waals surface area contributed by atoms with Crippen LogP contribution in [0.2, 0.25) is 0 Å². The van der Waals surface area contributed by atoms with Crippen molar-refractivity contribution in [2.24, 2.45) is 4.99 Å². The zero-order chi connectivity index (χ0) is 21.6. The Hall–Kier alpha value is -2.78. The zero-order valence-electron chi connectivity index (χ0n) is 16.7. The summed E-state index contributed by atoms with van der Waals surface area (Å²) in [7, 11) is 1.60. The lowest BCUT2D eigenvalue weighted by Gasteiger charge is -2.11. The molecular formula is C24H19IN2O3S. The Morgan fingerprint density at radius 3 is 2.55 bits per heavy atom. The van der Waals surface area contributed by atoms with Crippen molar-refractivity contribution in [3.63, 3.8) is 0 Å². The van der Waals surface area contributed by atoms with Gasteiger partial charge in [0.05, 0.1) is 17.7 Å². The molecule has 1 aliphatic heterocycles. The smallest absolute Gasteiger partial charge is 0.264 e. The number of amides is 1. The van der Waals surface area contributed by atoms with Crippen LogP contribution >= 0.6 is 34.4 Å². The predicted octanol–water partition coefficient (Wildman–Crippen LogP) is 5.77. The topological polar surface area (TPSA) is 59.9 Å². The van der Waals surface area contributed by atoms with Crippen LogP contribution < -0.4 is 14.8 Å². The molecule has 0 spiro atoms. The minimum absolute atomic E-state index is 0.169. The van der Waals surface area contributed by atoms with Gasteiger partial charge in [0, 0.05) is 3.57 Å². The lowest BCUT2D eigenvalue weighted by molar-refractivity contribution is -0.115. The van der Waals surface area contributed by atoms with Gasteiger partial charge in [-0.05, 0) is 88.0 Å². The summed E-state index contributed by atoms with van der Waals surface area (Å²) >= 11 is 3.56. The van der Waals surface area contributed by atoms with Crippen molar-refractivity contribution in [1.82, 2.24) is 5.32 Å². The molecule has 3 aromatic carbocycles. The standard InChI is InChI=1S/C24H19IN2O3S/c1-29-21-13-17(7-12-20(21)30-15-16-5-3-2-4-6-16)14-22-23(28)27-24(31-22)26-19-10-8-18(25)9-11-19/h2-14H,15H2,1H3,(H,26,27,28)/b22-14+. The summed E-state index contributed by atoms with van der Waals surface area (Å²) < 4.78 is 12.5. The summed E-state index contributed by atoms with van der Waals surface area (Å²) in [5, 5.41) is 3.38. The van der Waals surface area contributed by atoms with Crippen LogP contribution in [-0.2, 0) is 11.4 Å². The van der Waals surface area contributed by atoms with Crippen LogP contribution in [0.3, 0.4) is 0 Å². The van der Waals surface area contributed by atoms with Crippen LogP contribution in [-0.4, -0.2) is 18.2 Å². The fourth-order valence-electron chi connectivity index (χ4n) is 2.89. The maximum absolute atomic E-state index is 12.4. The van der Waals surface area contributed by atoms with E-state index in [1.165, 1.54) is 11.8 Å². The predicted molar refractivity (Wildman–Crippen MR) is 134 cm³/mol. The Balaban J connectivity index is 1.48. The Morgan fingerprint density at radius 1 is 1.03 bits per heavy atom. The van der Waals surface area contributed by atoms with Crippen molar-refractivity contribution < 1.29 is 14.3 Å². The number of ether oxygens (including phenoxy) is 2. The molecule has 1 fully saturated rings. The Morgan fingerprint density at radius 2 is 1.81 bits per heavy atom. The average molecular weight is 542 g/mol. The van der Waals surface area contributed by atoms with E-state index in [9.17, 15) is 4.79 Å². The highest BCUT2D eigenvalue weighted by atomic mass is 127. The second-order valence-electron chi connectivity index (χ2n) is 6.64. The highest BCUT2D eigenvalue weighted by Gasteiger charge is 2.24. The quantitative estimate of drug-likeness (QED) is 0.318. The molecule has 3 aromatic rings. The third-order valence-corrected chi connectivity index (χ3v) is 6.06. The second-order valence-corrected chi connectivity index (χ2v) is 8.92. The van der Waals surface area contributed by atoms with Gasteiger partial charge in [-0.15, -0.1) is 0 Å². The van der Waals surface area contributed by atoms with E-state index >= 15 is 0 Å². The number of halogens is 1. The molecule has 0 radical (unpaired) electrons. The van der Waals surface area contributed by atoms with E-state index in [2.05, 4.69) is 32.9 Å². The first-order valence-electron chi connectivity index (χ1n) is 9.50. The van der Waals surface area contributed by atoms with Gasteiger partial charge in [-0.25, -0.2) is 4.99 Å². The number of benzene rings is 3. The number of methoxy groups -OCH3 is 1. The summed E-state index contributed by atoms with van der Waals surface area (Å²) in [5.41, 5.74) is 2.72. The van der Waals surface area contributed by atoms with Crippen LogP contribution in [0.1, 0.15) is 11.1 Å². The van der Waals surface area contributed by atoms with Crippen LogP contribution in [0.25, 0.3) is 6.08 Å². The van der Waals surface area contributed by atoms with E-state index in [0.717, 1.165) is 20.4 Å². The number of carbonyl (C=O) groups is 1. The van der Waals surface area contributed by atoms with Crippen molar-refractivity contribution >= 4 is 57.2 Å². The maximum atomic E-state index is 12.4. The SMILES string of the molecule is COc1cc(/C=C2/SC(=Nc3ccc(I)cc3)NC2=O)ccc1OCc1ccccc1. The summed E-state index contributed by atoms with van der Waals surface area (Å²) in [6.07, 6.45) is 1.82. The zero-order valence-corrected chi connectivity index (χ0v) is 19.6. The molecule has 5 nitrogen and oxygen atoms in total. The third-order valence-electron chi connectivity index (χ3n) is 4.43. The van der Waals surface area contributed by atoms with Crippen molar-refractivity contribution in [2.75, 3.05) is 7.11 Å². The van der Waals surface area contributed by atoms with Gasteiger partial charge in [-0.2, -0.15) is 0 Å². The van der Waals surface area contributed by atoms with Crippen molar-refractivity contribution in [2.45, 2.75) is 6.61 Å². The lowest BCUT2D eigenvalue weighted by Crippen LogP contribution is -2.19. The Bertz CT molecular complexity index is 1150. The molecule has 7 heteroatoms. The van der Waals surface area contributed by atoms with Crippen LogP contribution in [0, 0.1) is 3.57 Å². The fourth-order valence-corrected chi connectivity index (χ4v) is 4.09. The molecule has 0 unspecified atom stereocenters. The minimum Gasteiger partial charge on any atom is -0.493 e. The summed E-state index contributed by atoms with van der Waals surface area (Å²) in [4.78, 5) is 17.5. The van der Waals surface area contributed by atoms with Gasteiger partial charge in [0.1, 0.15) is 6.61 Å². The van der Waals surface area contributed by atoms with Crippen LogP contribution in [0.5, 0.6) is 11.5 Å². The molecule has 0 atom stereocenters. The first kappa shape index (κ1) is 21.5. The summed E-state index contributed by atoms with van der Waals surface area (Å²) in [5.74, 6) is 1.09. The molecular weight excluding hydrogens is 523 g/mol. The number of thioether (sulfide) groups is 1. The van der Waals surface area contributed by atoms with E-state index in [-0.39, 0.29) is 5.91 Å². The molecule has 1 saturated heterocycles. The number of rotatable bonds is 6. The number of nitrogens with one attached hydrogen (secondary N) is 1. The van der Waals surface area contributed by atoms with Crippen LogP contribution in [0.15, 0.2) is 82.7 Å². The molecule has 0 aliphatic carbocycles. The monoisotopic (exact) mass is 542 g/mol. The molecule has 1 heterocycles. The largest absolute Gasteiger partial charge is 0.493 e. The van der Waals surface area contributed by atoms with Gasteiger partial charge in [-0.3, -0.25) is 4.79 Å². The first-order valence-corrected chi connectivity index (χ1v) is 11.4. The molecule has 1 N–H and O–H groups in total. The van der Waals surface area contributed by atoms with Crippen molar-refractivity contribution in [1.29, 1.82) is 0 Å². The number of aliphatic imine (C=N–C) groups is 1. The van der Waals surface area contributed by atoms with Gasteiger partial charge < -0.3 is 14.8 Å². The molecule has 31 heavy (non-hydrogen) atoms. The lowest BCUT2D eigenvalue weighted by atomic mass is 10.2. The molecule has 156 valence electrons. The van der Waals surface area contributed by atoms with Gasteiger partial charge in [-0.1, -0.05) is 36.4 Å². The third kappa shape index (κ3) is 5.68. The summed E-state index contributed by atoms with van der Waals surface area (Å²) in [6, 6.07) is 23.4. The number of nitrogens with zero attached hydrogens (tertiary/aromatic N) is 1. The van der Waals surface area contributed by atoms with Crippen LogP contribution in [0.4, 0.5) is 5.69 Å². The summed E-state index contributed by atoms with van der Waals surface area (Å²) in [6.45, 7) is 0.453. The van der Waals surface area contributed by atoms with Gasteiger partial charge in [0.2, 0.25) is 0 Å². The highest BCUT2D eigenvalue weighted by molar-refractivity contribution is 14.1. The molecule has 1 aliphatic rings. The van der Waals surface area contributed by atoms with E-state index in [0.29, 0.717) is 28.2 Å². The number of amidine groups is 1. The van der Waals surface area contributed by atoms with E-state index in [1.54, 1.807) is 7.11 Å². The molecule has 1 amide bonds. The Labute approximate surface area is 198 Å². The number of carbonyl (C=O) groups excluding carboxylic acids is 1. The van der Waals surface area contributed by atoms with Gasteiger partial charge in [0.15, 0.2) is 16.7 Å². The maximum Gasteiger partial charge on any atom is 0.264 e.